The van der Waals surface area contributed by atoms with Crippen LogP contribution in [0.15, 0.2) is 10.8 Å². The third-order valence-electron chi connectivity index (χ3n) is 2.59. The van der Waals surface area contributed by atoms with Gasteiger partial charge in [0.15, 0.2) is 0 Å². The minimum absolute atomic E-state index is 0.748. The minimum Gasteiger partial charge on any atom is -0.314 e. The lowest BCUT2D eigenvalue weighted by Gasteiger charge is -2.08. The van der Waals surface area contributed by atoms with Gasteiger partial charge in [-0.1, -0.05) is 0 Å². The van der Waals surface area contributed by atoms with Crippen LogP contribution in [-0.2, 0) is 6.42 Å². The number of hydrogen-bond acceptors (Lipinski definition) is 2. The quantitative estimate of drug-likeness (QED) is 0.738. The Morgan fingerprint density at radius 2 is 2.50 bits per heavy atom. The fourth-order valence-corrected chi connectivity index (χ4v) is 2.66. The van der Waals surface area contributed by atoms with Gasteiger partial charge < -0.3 is 5.32 Å². The van der Waals surface area contributed by atoms with Gasteiger partial charge in [0.05, 0.1) is 0 Å². The van der Waals surface area contributed by atoms with Crippen molar-refractivity contribution < 1.29 is 0 Å². The van der Waals surface area contributed by atoms with E-state index in [1.54, 1.807) is 5.56 Å². The van der Waals surface area contributed by atoms with Crippen LogP contribution in [0, 0.1) is 6.92 Å². The summed E-state index contributed by atoms with van der Waals surface area (Å²) in [5.41, 5.74) is 3.01. The van der Waals surface area contributed by atoms with E-state index in [1.807, 2.05) is 11.3 Å². The number of nitrogens with one attached hydrogen (secondary N) is 1. The van der Waals surface area contributed by atoms with Gasteiger partial charge in [0.1, 0.15) is 0 Å². The summed E-state index contributed by atoms with van der Waals surface area (Å²) in [6, 6.07) is 0.748. The number of thiophene rings is 1. The Hall–Kier alpha value is -0.340. The van der Waals surface area contributed by atoms with Crippen molar-refractivity contribution in [2.24, 2.45) is 0 Å². The van der Waals surface area contributed by atoms with Crippen LogP contribution >= 0.6 is 11.3 Å². The molecule has 2 rings (SSSR count). The van der Waals surface area contributed by atoms with E-state index in [4.69, 9.17) is 0 Å². The molecule has 1 nitrogen and oxygen atoms in total. The molecule has 1 aliphatic rings. The molecule has 1 saturated heterocycles. The summed E-state index contributed by atoms with van der Waals surface area (Å²) in [4.78, 5) is 0. The lowest BCUT2D eigenvalue weighted by molar-refractivity contribution is 0.602. The molecule has 2 heteroatoms. The van der Waals surface area contributed by atoms with Gasteiger partial charge in [0.25, 0.3) is 0 Å². The summed E-state index contributed by atoms with van der Waals surface area (Å²) in [7, 11) is 0. The Kier molecular flexibility index (Phi) is 2.47. The maximum atomic E-state index is 3.53. The molecule has 0 aliphatic carbocycles. The molecule has 1 aliphatic heterocycles. The summed E-state index contributed by atoms with van der Waals surface area (Å²) in [6.45, 7) is 3.43. The Labute approximate surface area is 77.8 Å². The molecule has 0 amide bonds. The fourth-order valence-electron chi connectivity index (χ4n) is 1.79. The first-order chi connectivity index (χ1) is 5.86. The van der Waals surface area contributed by atoms with Gasteiger partial charge in [-0.05, 0) is 54.6 Å². The molecule has 1 atom stereocenters. The standard InChI is InChI=1S/C10H15NS/c1-8-6-12-7-9(8)5-10-3-2-4-11-10/h6-7,10-11H,2-5H2,1H3. The van der Waals surface area contributed by atoms with Crippen LogP contribution in [0.2, 0.25) is 0 Å². The molecular weight excluding hydrogens is 166 g/mol. The van der Waals surface area contributed by atoms with Crippen LogP contribution in [0.25, 0.3) is 0 Å². The van der Waals surface area contributed by atoms with Gasteiger partial charge in [-0.2, -0.15) is 11.3 Å². The highest BCUT2D eigenvalue weighted by atomic mass is 32.1. The van der Waals surface area contributed by atoms with Gasteiger partial charge >= 0.3 is 0 Å². The third-order valence-corrected chi connectivity index (χ3v) is 3.50. The van der Waals surface area contributed by atoms with Crippen molar-refractivity contribution in [3.05, 3.63) is 21.9 Å². The normalized spacial score (nSPS) is 23.2. The summed E-state index contributed by atoms with van der Waals surface area (Å²) in [6.07, 6.45) is 3.94. The Morgan fingerprint density at radius 1 is 1.58 bits per heavy atom. The maximum absolute atomic E-state index is 3.53. The minimum atomic E-state index is 0.748. The Bertz CT molecular complexity index is 248. The van der Waals surface area contributed by atoms with Crippen molar-refractivity contribution in [2.45, 2.75) is 32.2 Å². The monoisotopic (exact) mass is 181 g/mol. The van der Waals surface area contributed by atoms with Crippen LogP contribution in [0.4, 0.5) is 0 Å². The molecule has 1 fully saturated rings. The van der Waals surface area contributed by atoms with E-state index in [0.29, 0.717) is 0 Å². The molecule has 0 bridgehead atoms. The molecule has 12 heavy (non-hydrogen) atoms. The molecule has 0 spiro atoms. The van der Waals surface area contributed by atoms with E-state index >= 15 is 0 Å². The lowest BCUT2D eigenvalue weighted by atomic mass is 10.0. The fraction of sp³-hybridized carbons (Fsp3) is 0.600. The molecule has 2 heterocycles. The molecule has 1 N–H and O–H groups in total. The highest BCUT2D eigenvalue weighted by molar-refractivity contribution is 7.08. The van der Waals surface area contributed by atoms with Crippen LogP contribution in [0.3, 0.4) is 0 Å². The first-order valence-corrected chi connectivity index (χ1v) is 5.55. The van der Waals surface area contributed by atoms with Crippen molar-refractivity contribution in [3.8, 4) is 0 Å². The molecule has 1 aromatic rings. The zero-order chi connectivity index (χ0) is 8.39. The summed E-state index contributed by atoms with van der Waals surface area (Å²) in [5.74, 6) is 0. The highest BCUT2D eigenvalue weighted by Gasteiger charge is 2.15. The molecule has 66 valence electrons. The zero-order valence-electron chi connectivity index (χ0n) is 7.47. The number of aryl methyl sites for hydroxylation is 1. The summed E-state index contributed by atoms with van der Waals surface area (Å²) in [5, 5.41) is 8.05. The van der Waals surface area contributed by atoms with Gasteiger partial charge in [0, 0.05) is 6.04 Å². The SMILES string of the molecule is Cc1cscc1CC1CCCN1. The van der Waals surface area contributed by atoms with E-state index in [9.17, 15) is 0 Å². The van der Waals surface area contributed by atoms with Crippen molar-refractivity contribution in [1.29, 1.82) is 0 Å². The second kappa shape index (κ2) is 3.58. The molecule has 1 unspecified atom stereocenters. The summed E-state index contributed by atoms with van der Waals surface area (Å²) >= 11 is 1.82. The molecule has 1 aromatic heterocycles. The van der Waals surface area contributed by atoms with Crippen LogP contribution < -0.4 is 5.32 Å². The van der Waals surface area contributed by atoms with Crippen LogP contribution in [0.5, 0.6) is 0 Å². The van der Waals surface area contributed by atoms with Crippen molar-refractivity contribution >= 4 is 11.3 Å². The highest BCUT2D eigenvalue weighted by Crippen LogP contribution is 2.18. The van der Waals surface area contributed by atoms with Crippen molar-refractivity contribution in [1.82, 2.24) is 5.32 Å². The number of hydrogen-bond donors (Lipinski definition) is 1. The molecule has 0 radical (unpaired) electrons. The second-order valence-corrected chi connectivity index (χ2v) is 4.32. The van der Waals surface area contributed by atoms with E-state index in [2.05, 4.69) is 23.0 Å². The molecule has 0 saturated carbocycles. The van der Waals surface area contributed by atoms with Gasteiger partial charge in [-0.15, -0.1) is 0 Å². The van der Waals surface area contributed by atoms with E-state index in [0.717, 1.165) is 6.04 Å². The molecular formula is C10H15NS. The van der Waals surface area contributed by atoms with Crippen LogP contribution in [-0.4, -0.2) is 12.6 Å². The smallest absolute Gasteiger partial charge is 0.0108 e. The topological polar surface area (TPSA) is 12.0 Å². The zero-order valence-corrected chi connectivity index (χ0v) is 8.29. The van der Waals surface area contributed by atoms with E-state index < -0.39 is 0 Å². The van der Waals surface area contributed by atoms with Gasteiger partial charge in [-0.25, -0.2) is 0 Å². The predicted molar refractivity (Wildman–Crippen MR) is 53.8 cm³/mol. The predicted octanol–water partition coefficient (Wildman–Crippen LogP) is 2.35. The third kappa shape index (κ3) is 1.70. The first-order valence-electron chi connectivity index (χ1n) is 4.61. The van der Waals surface area contributed by atoms with Crippen molar-refractivity contribution in [3.63, 3.8) is 0 Å². The Morgan fingerprint density at radius 3 is 3.08 bits per heavy atom. The average molecular weight is 181 g/mol. The second-order valence-electron chi connectivity index (χ2n) is 3.58. The average Bonchev–Trinajstić information content (AvgIpc) is 2.65. The summed E-state index contributed by atoms with van der Waals surface area (Å²) < 4.78 is 0. The van der Waals surface area contributed by atoms with E-state index in [1.165, 1.54) is 31.4 Å². The number of rotatable bonds is 2. The first kappa shape index (κ1) is 8.27. The Balaban J connectivity index is 1.98. The maximum Gasteiger partial charge on any atom is 0.0108 e. The van der Waals surface area contributed by atoms with Gasteiger partial charge in [0.2, 0.25) is 0 Å². The lowest BCUT2D eigenvalue weighted by Crippen LogP contribution is -2.23. The van der Waals surface area contributed by atoms with E-state index in [-0.39, 0.29) is 0 Å². The van der Waals surface area contributed by atoms with Crippen molar-refractivity contribution in [2.75, 3.05) is 6.54 Å². The molecule has 0 aromatic carbocycles. The largest absolute Gasteiger partial charge is 0.314 e. The van der Waals surface area contributed by atoms with Crippen LogP contribution in [0.1, 0.15) is 24.0 Å². The van der Waals surface area contributed by atoms with Gasteiger partial charge in [-0.3, -0.25) is 0 Å².